The molecule has 80 valence electrons. The second-order valence-electron chi connectivity index (χ2n) is 3.14. The van der Waals surface area contributed by atoms with E-state index in [2.05, 4.69) is 25.3 Å². The van der Waals surface area contributed by atoms with Gasteiger partial charge in [0.25, 0.3) is 0 Å². The van der Waals surface area contributed by atoms with Crippen molar-refractivity contribution in [2.45, 2.75) is 6.92 Å². The summed E-state index contributed by atoms with van der Waals surface area (Å²) in [7, 11) is 0. The van der Waals surface area contributed by atoms with Gasteiger partial charge in [-0.1, -0.05) is 11.3 Å². The fourth-order valence-corrected chi connectivity index (χ4v) is 2.21. The van der Waals surface area contributed by atoms with Crippen molar-refractivity contribution in [1.82, 2.24) is 29.8 Å². The maximum atomic E-state index is 5.73. The van der Waals surface area contributed by atoms with Gasteiger partial charge >= 0.3 is 0 Å². The number of rotatable bonds is 1. The molecular formula is C8H7N7S. The molecule has 0 fully saturated rings. The van der Waals surface area contributed by atoms with Crippen LogP contribution in [0.4, 0.5) is 5.82 Å². The predicted octanol–water partition coefficient (Wildman–Crippen LogP) is 0.533. The van der Waals surface area contributed by atoms with E-state index >= 15 is 0 Å². The van der Waals surface area contributed by atoms with E-state index in [-0.39, 0.29) is 0 Å². The lowest BCUT2D eigenvalue weighted by atomic mass is 10.4. The van der Waals surface area contributed by atoms with Crippen molar-refractivity contribution in [3.63, 3.8) is 0 Å². The van der Waals surface area contributed by atoms with Crippen LogP contribution >= 0.6 is 11.3 Å². The normalized spacial score (nSPS) is 11.1. The van der Waals surface area contributed by atoms with Gasteiger partial charge in [-0.25, -0.2) is 9.97 Å². The maximum Gasteiger partial charge on any atom is 0.235 e. The number of hydrogen-bond acceptors (Lipinski definition) is 7. The van der Waals surface area contributed by atoms with E-state index in [0.29, 0.717) is 16.5 Å². The van der Waals surface area contributed by atoms with E-state index in [1.807, 2.05) is 6.92 Å². The highest BCUT2D eigenvalue weighted by atomic mass is 32.1. The van der Waals surface area contributed by atoms with Crippen LogP contribution in [-0.2, 0) is 0 Å². The minimum absolute atomic E-state index is 0.366. The van der Waals surface area contributed by atoms with Gasteiger partial charge in [0.05, 0.1) is 0 Å². The minimum Gasteiger partial charge on any atom is -0.382 e. The molecule has 0 atom stereocenters. The Morgan fingerprint density at radius 3 is 2.81 bits per heavy atom. The van der Waals surface area contributed by atoms with Crippen LogP contribution in [0.2, 0.25) is 0 Å². The van der Waals surface area contributed by atoms with E-state index in [1.54, 1.807) is 16.9 Å². The van der Waals surface area contributed by atoms with E-state index in [0.717, 1.165) is 10.8 Å². The Morgan fingerprint density at radius 2 is 2.06 bits per heavy atom. The van der Waals surface area contributed by atoms with Crippen LogP contribution in [0.25, 0.3) is 15.7 Å². The van der Waals surface area contributed by atoms with Crippen LogP contribution in [-0.4, -0.2) is 29.8 Å². The molecule has 0 spiro atoms. The standard InChI is InChI=1S/C8H7N7S/c1-4-12-13-8-15(4)14-7(16-8)5-6(9)11-3-2-10-5/h2-3H,1H3,(H2,9,11). The number of aryl methyl sites for hydroxylation is 1. The summed E-state index contributed by atoms with van der Waals surface area (Å²) in [5.41, 5.74) is 6.31. The molecule has 0 bridgehead atoms. The van der Waals surface area contributed by atoms with Crippen LogP contribution in [0.3, 0.4) is 0 Å². The molecule has 3 rings (SSSR count). The summed E-state index contributed by atoms with van der Waals surface area (Å²) >= 11 is 1.38. The van der Waals surface area contributed by atoms with Gasteiger partial charge in [0, 0.05) is 12.4 Å². The first kappa shape index (κ1) is 9.16. The van der Waals surface area contributed by atoms with Crippen molar-refractivity contribution in [2.75, 3.05) is 5.73 Å². The summed E-state index contributed by atoms with van der Waals surface area (Å²) < 4.78 is 1.66. The largest absolute Gasteiger partial charge is 0.382 e. The number of nitrogens with zero attached hydrogens (tertiary/aromatic N) is 6. The molecule has 2 N–H and O–H groups in total. The van der Waals surface area contributed by atoms with Gasteiger partial charge in [-0.15, -0.1) is 10.2 Å². The molecule has 0 amide bonds. The van der Waals surface area contributed by atoms with E-state index in [1.165, 1.54) is 11.3 Å². The van der Waals surface area contributed by atoms with E-state index in [4.69, 9.17) is 5.73 Å². The quantitative estimate of drug-likeness (QED) is 0.659. The lowest BCUT2D eigenvalue weighted by Crippen LogP contribution is -1.96. The Morgan fingerprint density at radius 1 is 1.25 bits per heavy atom. The average Bonchev–Trinajstić information content (AvgIpc) is 2.82. The molecule has 0 saturated heterocycles. The third-order valence-corrected chi connectivity index (χ3v) is 2.98. The molecular weight excluding hydrogens is 226 g/mol. The highest BCUT2D eigenvalue weighted by molar-refractivity contribution is 7.19. The predicted molar refractivity (Wildman–Crippen MR) is 58.8 cm³/mol. The SMILES string of the molecule is Cc1nnc2sc(-c3nccnc3N)nn12. The van der Waals surface area contributed by atoms with Crippen LogP contribution < -0.4 is 5.73 Å². The molecule has 7 nitrogen and oxygen atoms in total. The summed E-state index contributed by atoms with van der Waals surface area (Å²) in [6.45, 7) is 1.84. The first-order valence-electron chi connectivity index (χ1n) is 4.51. The van der Waals surface area contributed by atoms with Gasteiger partial charge < -0.3 is 5.73 Å². The van der Waals surface area contributed by atoms with Crippen molar-refractivity contribution >= 4 is 22.1 Å². The molecule has 0 radical (unpaired) electrons. The minimum atomic E-state index is 0.366. The number of aromatic nitrogens is 6. The summed E-state index contributed by atoms with van der Waals surface area (Å²) in [6.07, 6.45) is 3.13. The lowest BCUT2D eigenvalue weighted by molar-refractivity contribution is 0.895. The second kappa shape index (κ2) is 3.20. The topological polar surface area (TPSA) is 94.9 Å². The number of hydrogen-bond donors (Lipinski definition) is 1. The van der Waals surface area contributed by atoms with E-state index < -0.39 is 0 Å². The Labute approximate surface area is 94.0 Å². The fourth-order valence-electron chi connectivity index (χ4n) is 1.32. The third kappa shape index (κ3) is 1.23. The molecule has 16 heavy (non-hydrogen) atoms. The molecule has 0 aliphatic heterocycles. The number of anilines is 1. The van der Waals surface area contributed by atoms with Crippen LogP contribution in [0.15, 0.2) is 12.4 Å². The van der Waals surface area contributed by atoms with Crippen LogP contribution in [0, 0.1) is 6.92 Å². The summed E-state index contributed by atoms with van der Waals surface area (Å²) in [6, 6.07) is 0. The zero-order valence-electron chi connectivity index (χ0n) is 8.32. The first-order valence-corrected chi connectivity index (χ1v) is 5.33. The van der Waals surface area contributed by atoms with Gasteiger partial charge in [0.2, 0.25) is 4.96 Å². The highest BCUT2D eigenvalue weighted by Crippen LogP contribution is 2.26. The van der Waals surface area contributed by atoms with Gasteiger partial charge in [0.15, 0.2) is 16.6 Å². The molecule has 0 aliphatic carbocycles. The molecule has 3 aromatic heterocycles. The average molecular weight is 233 g/mol. The van der Waals surface area contributed by atoms with Crippen molar-refractivity contribution in [2.24, 2.45) is 0 Å². The Bertz CT molecular complexity index is 655. The molecule has 8 heteroatoms. The third-order valence-electron chi connectivity index (χ3n) is 2.08. The van der Waals surface area contributed by atoms with Crippen molar-refractivity contribution in [1.29, 1.82) is 0 Å². The van der Waals surface area contributed by atoms with Crippen molar-refractivity contribution in [3.05, 3.63) is 18.2 Å². The maximum absolute atomic E-state index is 5.73. The second-order valence-corrected chi connectivity index (χ2v) is 4.09. The summed E-state index contributed by atoms with van der Waals surface area (Å²) in [5, 5.41) is 12.9. The van der Waals surface area contributed by atoms with Gasteiger partial charge in [0.1, 0.15) is 5.69 Å². The van der Waals surface area contributed by atoms with Crippen LogP contribution in [0.1, 0.15) is 5.82 Å². The molecule has 0 saturated carbocycles. The van der Waals surface area contributed by atoms with Crippen LogP contribution in [0.5, 0.6) is 0 Å². The summed E-state index contributed by atoms with van der Waals surface area (Å²) in [4.78, 5) is 8.84. The van der Waals surface area contributed by atoms with Gasteiger partial charge in [-0.2, -0.15) is 9.61 Å². The molecule has 0 aliphatic rings. The first-order chi connectivity index (χ1) is 7.75. The number of fused-ring (bicyclic) bond motifs is 1. The van der Waals surface area contributed by atoms with Crippen molar-refractivity contribution in [3.8, 4) is 10.7 Å². The Hall–Kier alpha value is -2.09. The highest BCUT2D eigenvalue weighted by Gasteiger charge is 2.13. The Kier molecular flexibility index (Phi) is 1.83. The van der Waals surface area contributed by atoms with Gasteiger partial charge in [-0.05, 0) is 6.92 Å². The Balaban J connectivity index is 2.23. The van der Waals surface area contributed by atoms with Crippen molar-refractivity contribution < 1.29 is 0 Å². The fraction of sp³-hybridized carbons (Fsp3) is 0.125. The lowest BCUT2D eigenvalue weighted by Gasteiger charge is -1.96. The zero-order valence-corrected chi connectivity index (χ0v) is 9.14. The zero-order chi connectivity index (χ0) is 11.1. The molecule has 3 heterocycles. The smallest absolute Gasteiger partial charge is 0.235 e. The number of nitrogen functional groups attached to an aromatic ring is 1. The molecule has 0 unspecified atom stereocenters. The monoisotopic (exact) mass is 233 g/mol. The number of nitrogens with two attached hydrogens (primary N) is 1. The van der Waals surface area contributed by atoms with Gasteiger partial charge in [-0.3, -0.25) is 0 Å². The molecule has 0 aromatic carbocycles. The molecule has 3 aromatic rings. The summed E-state index contributed by atoms with van der Waals surface area (Å²) in [5.74, 6) is 1.10. The van der Waals surface area contributed by atoms with E-state index in [9.17, 15) is 0 Å².